The van der Waals surface area contributed by atoms with Crippen molar-refractivity contribution >= 4 is 0 Å². The third-order valence-electron chi connectivity index (χ3n) is 4.42. The zero-order valence-electron chi connectivity index (χ0n) is 10.3. The molecule has 1 aromatic carbocycles. The Morgan fingerprint density at radius 2 is 2.18 bits per heavy atom. The normalized spacial score (nSPS) is 30.8. The van der Waals surface area contributed by atoms with Crippen molar-refractivity contribution in [3.05, 3.63) is 29.6 Å². The average molecular weight is 234 g/mol. The number of fused-ring (bicyclic) bond motifs is 2. The average Bonchev–Trinajstić information content (AvgIpc) is 2.92. The Morgan fingerprint density at radius 3 is 2.88 bits per heavy atom. The van der Waals surface area contributed by atoms with Gasteiger partial charge in [-0.25, -0.2) is 4.39 Å². The van der Waals surface area contributed by atoms with E-state index in [1.807, 2.05) is 6.92 Å². The summed E-state index contributed by atoms with van der Waals surface area (Å²) < 4.78 is 19.2. The molecule has 92 valence electrons. The van der Waals surface area contributed by atoms with Gasteiger partial charge in [-0.1, -0.05) is 12.5 Å². The van der Waals surface area contributed by atoms with Crippen molar-refractivity contribution in [3.8, 4) is 5.75 Å². The highest BCUT2D eigenvalue weighted by molar-refractivity contribution is 5.29. The first kappa shape index (κ1) is 11.1. The molecule has 0 aromatic heterocycles. The van der Waals surface area contributed by atoms with Crippen LogP contribution in [0.2, 0.25) is 0 Å². The molecule has 2 bridgehead atoms. The molecular weight excluding hydrogens is 215 g/mol. The van der Waals surface area contributed by atoms with Gasteiger partial charge < -0.3 is 4.74 Å². The molecule has 0 saturated heterocycles. The molecule has 3 unspecified atom stereocenters. The van der Waals surface area contributed by atoms with Crippen LogP contribution in [0.1, 0.15) is 31.2 Å². The maximum absolute atomic E-state index is 13.5. The van der Waals surface area contributed by atoms with Crippen LogP contribution in [0, 0.1) is 30.5 Å². The highest BCUT2D eigenvalue weighted by Gasteiger charge is 2.39. The van der Waals surface area contributed by atoms with Crippen molar-refractivity contribution in [1.82, 2.24) is 0 Å². The number of hydrogen-bond donors (Lipinski definition) is 0. The van der Waals surface area contributed by atoms with Crippen LogP contribution in [0.15, 0.2) is 18.2 Å². The minimum atomic E-state index is -0.237. The molecule has 3 rings (SSSR count). The van der Waals surface area contributed by atoms with Gasteiger partial charge in [0.1, 0.15) is 0 Å². The van der Waals surface area contributed by atoms with Gasteiger partial charge in [0.2, 0.25) is 0 Å². The Kier molecular flexibility index (Phi) is 2.81. The highest BCUT2D eigenvalue weighted by atomic mass is 19.1. The Morgan fingerprint density at radius 1 is 1.29 bits per heavy atom. The SMILES string of the molecule is Cc1ccc(F)c(OCC2CC3CCC2C3)c1. The molecule has 1 nitrogen and oxygen atoms in total. The van der Waals surface area contributed by atoms with Crippen LogP contribution < -0.4 is 4.74 Å². The maximum Gasteiger partial charge on any atom is 0.165 e. The summed E-state index contributed by atoms with van der Waals surface area (Å²) in [4.78, 5) is 0. The molecule has 0 spiro atoms. The van der Waals surface area contributed by atoms with E-state index in [9.17, 15) is 4.39 Å². The van der Waals surface area contributed by atoms with Crippen LogP contribution >= 0.6 is 0 Å². The first-order valence-electron chi connectivity index (χ1n) is 6.61. The molecule has 3 atom stereocenters. The van der Waals surface area contributed by atoms with Crippen LogP contribution in [-0.2, 0) is 0 Å². The van der Waals surface area contributed by atoms with E-state index in [1.165, 1.54) is 31.7 Å². The molecule has 0 heterocycles. The number of hydrogen-bond acceptors (Lipinski definition) is 1. The minimum Gasteiger partial charge on any atom is -0.490 e. The Labute approximate surface area is 102 Å². The van der Waals surface area contributed by atoms with E-state index in [4.69, 9.17) is 4.74 Å². The highest BCUT2D eigenvalue weighted by Crippen LogP contribution is 2.48. The van der Waals surface area contributed by atoms with Crippen molar-refractivity contribution < 1.29 is 9.13 Å². The molecule has 2 saturated carbocycles. The third-order valence-corrected chi connectivity index (χ3v) is 4.42. The summed E-state index contributed by atoms with van der Waals surface area (Å²) in [7, 11) is 0. The number of ether oxygens (including phenoxy) is 1. The number of aryl methyl sites for hydroxylation is 1. The van der Waals surface area contributed by atoms with E-state index in [0.29, 0.717) is 18.3 Å². The van der Waals surface area contributed by atoms with Crippen LogP contribution in [-0.4, -0.2) is 6.61 Å². The fourth-order valence-corrected chi connectivity index (χ4v) is 3.50. The molecule has 0 amide bonds. The van der Waals surface area contributed by atoms with E-state index in [1.54, 1.807) is 12.1 Å². The summed E-state index contributed by atoms with van der Waals surface area (Å²) in [5.74, 6) is 2.61. The van der Waals surface area contributed by atoms with E-state index in [0.717, 1.165) is 17.4 Å². The topological polar surface area (TPSA) is 9.23 Å². The first-order valence-corrected chi connectivity index (χ1v) is 6.61. The Bertz CT molecular complexity index is 415. The number of halogens is 1. The second-order valence-electron chi connectivity index (χ2n) is 5.68. The van der Waals surface area contributed by atoms with Crippen LogP contribution in [0.25, 0.3) is 0 Å². The lowest BCUT2D eigenvalue weighted by molar-refractivity contribution is 0.189. The van der Waals surface area contributed by atoms with Crippen LogP contribution in [0.4, 0.5) is 4.39 Å². The molecule has 2 fully saturated rings. The standard InChI is InChI=1S/C15H19FO/c1-10-2-5-14(16)15(6-10)17-9-13-8-11-3-4-12(13)7-11/h2,5-6,11-13H,3-4,7-9H2,1H3. The molecule has 2 aliphatic carbocycles. The van der Waals surface area contributed by atoms with E-state index in [-0.39, 0.29) is 5.82 Å². The fourth-order valence-electron chi connectivity index (χ4n) is 3.50. The summed E-state index contributed by atoms with van der Waals surface area (Å²) in [6, 6.07) is 5.06. The van der Waals surface area contributed by atoms with Gasteiger partial charge >= 0.3 is 0 Å². The fraction of sp³-hybridized carbons (Fsp3) is 0.600. The molecule has 1 aromatic rings. The third kappa shape index (κ3) is 2.18. The second kappa shape index (κ2) is 4.32. The van der Waals surface area contributed by atoms with Crippen LogP contribution in [0.5, 0.6) is 5.75 Å². The molecular formula is C15H19FO. The van der Waals surface area contributed by atoms with Crippen molar-refractivity contribution in [2.45, 2.75) is 32.6 Å². The summed E-state index contributed by atoms with van der Waals surface area (Å²) in [5.41, 5.74) is 1.05. The quantitative estimate of drug-likeness (QED) is 0.769. The zero-order valence-corrected chi connectivity index (χ0v) is 10.3. The largest absolute Gasteiger partial charge is 0.490 e. The van der Waals surface area contributed by atoms with Gasteiger partial charge in [0, 0.05) is 0 Å². The monoisotopic (exact) mass is 234 g/mol. The predicted octanol–water partition coefficient (Wildman–Crippen LogP) is 3.95. The van der Waals surface area contributed by atoms with E-state index >= 15 is 0 Å². The summed E-state index contributed by atoms with van der Waals surface area (Å²) in [5, 5.41) is 0. The van der Waals surface area contributed by atoms with Gasteiger partial charge in [-0.05, 0) is 61.6 Å². The lowest BCUT2D eigenvalue weighted by atomic mass is 9.89. The van der Waals surface area contributed by atoms with Crippen molar-refractivity contribution in [2.24, 2.45) is 17.8 Å². The van der Waals surface area contributed by atoms with E-state index in [2.05, 4.69) is 0 Å². The van der Waals surface area contributed by atoms with Crippen molar-refractivity contribution in [3.63, 3.8) is 0 Å². The second-order valence-corrected chi connectivity index (χ2v) is 5.68. The lowest BCUT2D eigenvalue weighted by Gasteiger charge is -2.21. The van der Waals surface area contributed by atoms with Gasteiger partial charge in [0.25, 0.3) is 0 Å². The van der Waals surface area contributed by atoms with Crippen LogP contribution in [0.3, 0.4) is 0 Å². The molecule has 2 aliphatic rings. The van der Waals surface area contributed by atoms with Gasteiger partial charge in [0.05, 0.1) is 6.61 Å². The van der Waals surface area contributed by atoms with Gasteiger partial charge in [-0.15, -0.1) is 0 Å². The lowest BCUT2D eigenvalue weighted by Crippen LogP contribution is -2.18. The zero-order chi connectivity index (χ0) is 11.8. The Balaban J connectivity index is 1.62. The summed E-state index contributed by atoms with van der Waals surface area (Å²) >= 11 is 0. The first-order chi connectivity index (χ1) is 8.22. The Hall–Kier alpha value is -1.05. The minimum absolute atomic E-state index is 0.237. The molecule has 0 N–H and O–H groups in total. The summed E-state index contributed by atoms with van der Waals surface area (Å²) in [6.45, 7) is 2.66. The number of rotatable bonds is 3. The van der Waals surface area contributed by atoms with Crippen molar-refractivity contribution in [2.75, 3.05) is 6.61 Å². The predicted molar refractivity (Wildman–Crippen MR) is 65.6 cm³/mol. The van der Waals surface area contributed by atoms with Crippen molar-refractivity contribution in [1.29, 1.82) is 0 Å². The summed E-state index contributed by atoms with van der Waals surface area (Å²) in [6.07, 6.45) is 5.43. The molecule has 0 radical (unpaired) electrons. The van der Waals surface area contributed by atoms with Gasteiger partial charge in [-0.3, -0.25) is 0 Å². The number of benzene rings is 1. The smallest absolute Gasteiger partial charge is 0.165 e. The van der Waals surface area contributed by atoms with Gasteiger partial charge in [-0.2, -0.15) is 0 Å². The van der Waals surface area contributed by atoms with E-state index < -0.39 is 0 Å². The molecule has 17 heavy (non-hydrogen) atoms. The molecule has 0 aliphatic heterocycles. The van der Waals surface area contributed by atoms with Gasteiger partial charge in [0.15, 0.2) is 11.6 Å². The molecule has 2 heteroatoms. The maximum atomic E-state index is 13.5.